The topological polar surface area (TPSA) is 12.0 Å². The second-order valence-corrected chi connectivity index (χ2v) is 5.29. The molecule has 0 aliphatic rings. The van der Waals surface area contributed by atoms with E-state index >= 15 is 0 Å². The van der Waals surface area contributed by atoms with Gasteiger partial charge in [0.2, 0.25) is 0 Å². The molecule has 2 unspecified atom stereocenters. The zero-order valence-electron chi connectivity index (χ0n) is 10.3. The first-order valence-electron chi connectivity index (χ1n) is 5.93. The van der Waals surface area contributed by atoms with Crippen molar-refractivity contribution in [3.05, 3.63) is 0 Å². The highest BCUT2D eigenvalue weighted by atomic mass is 32.2. The minimum absolute atomic E-state index is 0.694. The monoisotopic (exact) mass is 217 g/mol. The van der Waals surface area contributed by atoms with Crippen LogP contribution in [0.3, 0.4) is 0 Å². The molecule has 0 saturated carbocycles. The molecule has 0 aliphatic carbocycles. The highest BCUT2D eigenvalue weighted by Gasteiger charge is 2.05. The van der Waals surface area contributed by atoms with Gasteiger partial charge in [-0.2, -0.15) is 11.8 Å². The van der Waals surface area contributed by atoms with E-state index in [-0.39, 0.29) is 0 Å². The summed E-state index contributed by atoms with van der Waals surface area (Å²) in [5.41, 5.74) is 0. The van der Waals surface area contributed by atoms with E-state index < -0.39 is 0 Å². The molecule has 0 aliphatic heterocycles. The van der Waals surface area contributed by atoms with Crippen LogP contribution in [-0.2, 0) is 0 Å². The fraction of sp³-hybridized carbons (Fsp3) is 1.00. The molecule has 0 aromatic carbocycles. The van der Waals surface area contributed by atoms with E-state index in [0.717, 1.165) is 5.92 Å². The van der Waals surface area contributed by atoms with Crippen molar-refractivity contribution in [2.45, 2.75) is 52.5 Å². The Balaban J connectivity index is 3.22. The van der Waals surface area contributed by atoms with E-state index in [4.69, 9.17) is 0 Å². The van der Waals surface area contributed by atoms with Gasteiger partial charge < -0.3 is 5.32 Å². The second kappa shape index (κ2) is 9.85. The number of thioether (sulfide) groups is 1. The van der Waals surface area contributed by atoms with Gasteiger partial charge in [0.05, 0.1) is 0 Å². The van der Waals surface area contributed by atoms with Crippen molar-refractivity contribution < 1.29 is 0 Å². The van der Waals surface area contributed by atoms with Crippen molar-refractivity contribution in [1.82, 2.24) is 5.32 Å². The maximum atomic E-state index is 3.60. The van der Waals surface area contributed by atoms with E-state index in [1.807, 2.05) is 11.8 Å². The Hall–Kier alpha value is 0.310. The van der Waals surface area contributed by atoms with Crippen LogP contribution < -0.4 is 5.32 Å². The van der Waals surface area contributed by atoms with Gasteiger partial charge in [-0.05, 0) is 50.7 Å². The third kappa shape index (κ3) is 8.89. The molecule has 0 radical (unpaired) electrons. The molecule has 0 aromatic heterocycles. The molecule has 0 heterocycles. The molecular formula is C12H27NS. The summed E-state index contributed by atoms with van der Waals surface area (Å²) in [6, 6.07) is 0.694. The van der Waals surface area contributed by atoms with Gasteiger partial charge in [-0.1, -0.05) is 20.3 Å². The molecule has 1 N–H and O–H groups in total. The highest BCUT2D eigenvalue weighted by molar-refractivity contribution is 7.98. The fourth-order valence-corrected chi connectivity index (χ4v) is 2.07. The SMILES string of the molecule is CCC(C)CC(C)NCCCCSC. The van der Waals surface area contributed by atoms with Crippen molar-refractivity contribution in [1.29, 1.82) is 0 Å². The molecular weight excluding hydrogens is 190 g/mol. The molecule has 0 spiro atoms. The molecule has 2 atom stereocenters. The quantitative estimate of drug-likeness (QED) is 0.593. The Morgan fingerprint density at radius 2 is 1.93 bits per heavy atom. The van der Waals surface area contributed by atoms with Gasteiger partial charge in [-0.3, -0.25) is 0 Å². The average molecular weight is 217 g/mol. The number of hydrogen-bond donors (Lipinski definition) is 1. The summed E-state index contributed by atoms with van der Waals surface area (Å²) < 4.78 is 0. The Morgan fingerprint density at radius 1 is 1.21 bits per heavy atom. The summed E-state index contributed by atoms with van der Waals surface area (Å²) in [6.45, 7) is 8.11. The summed E-state index contributed by atoms with van der Waals surface area (Å²) >= 11 is 1.95. The van der Waals surface area contributed by atoms with Crippen LogP contribution in [-0.4, -0.2) is 24.6 Å². The van der Waals surface area contributed by atoms with Crippen LogP contribution >= 0.6 is 11.8 Å². The minimum Gasteiger partial charge on any atom is -0.314 e. The smallest absolute Gasteiger partial charge is 0.00412 e. The Bertz CT molecular complexity index is 117. The normalized spacial score (nSPS) is 15.4. The average Bonchev–Trinajstić information content (AvgIpc) is 2.17. The molecule has 86 valence electrons. The summed E-state index contributed by atoms with van der Waals surface area (Å²) in [5.74, 6) is 2.17. The molecule has 0 amide bonds. The predicted octanol–water partition coefficient (Wildman–Crippen LogP) is 3.54. The summed E-state index contributed by atoms with van der Waals surface area (Å²) in [6.07, 6.45) is 7.48. The number of unbranched alkanes of at least 4 members (excludes halogenated alkanes) is 1. The first kappa shape index (κ1) is 14.3. The summed E-state index contributed by atoms with van der Waals surface area (Å²) in [7, 11) is 0. The lowest BCUT2D eigenvalue weighted by Crippen LogP contribution is -2.28. The van der Waals surface area contributed by atoms with Crippen LogP contribution in [0.1, 0.15) is 46.5 Å². The maximum Gasteiger partial charge on any atom is 0.00412 e. The van der Waals surface area contributed by atoms with Gasteiger partial charge in [-0.15, -0.1) is 0 Å². The number of rotatable bonds is 9. The predicted molar refractivity (Wildman–Crippen MR) is 69.2 cm³/mol. The molecule has 2 heteroatoms. The largest absolute Gasteiger partial charge is 0.314 e. The first-order valence-corrected chi connectivity index (χ1v) is 7.32. The molecule has 0 fully saturated rings. The lowest BCUT2D eigenvalue weighted by Gasteiger charge is -2.17. The number of hydrogen-bond acceptors (Lipinski definition) is 2. The lowest BCUT2D eigenvalue weighted by atomic mass is 10.0. The first-order chi connectivity index (χ1) is 6.70. The second-order valence-electron chi connectivity index (χ2n) is 4.30. The molecule has 0 bridgehead atoms. The van der Waals surface area contributed by atoms with Crippen molar-refractivity contribution in [2.24, 2.45) is 5.92 Å². The van der Waals surface area contributed by atoms with Crippen molar-refractivity contribution in [3.8, 4) is 0 Å². The van der Waals surface area contributed by atoms with Gasteiger partial charge in [0.25, 0.3) is 0 Å². The summed E-state index contributed by atoms with van der Waals surface area (Å²) in [4.78, 5) is 0. The zero-order chi connectivity index (χ0) is 10.8. The van der Waals surface area contributed by atoms with Crippen molar-refractivity contribution >= 4 is 11.8 Å². The van der Waals surface area contributed by atoms with Gasteiger partial charge in [0.1, 0.15) is 0 Å². The van der Waals surface area contributed by atoms with Gasteiger partial charge in [0, 0.05) is 6.04 Å². The minimum atomic E-state index is 0.694. The lowest BCUT2D eigenvalue weighted by molar-refractivity contribution is 0.411. The van der Waals surface area contributed by atoms with E-state index in [0.29, 0.717) is 6.04 Å². The maximum absolute atomic E-state index is 3.60. The van der Waals surface area contributed by atoms with Crippen molar-refractivity contribution in [2.75, 3.05) is 18.6 Å². The molecule has 0 aromatic rings. The Labute approximate surface area is 94.4 Å². The van der Waals surface area contributed by atoms with Crippen LogP contribution in [0.15, 0.2) is 0 Å². The molecule has 0 saturated heterocycles. The molecule has 1 nitrogen and oxygen atoms in total. The third-order valence-electron chi connectivity index (χ3n) is 2.72. The third-order valence-corrected chi connectivity index (χ3v) is 3.42. The van der Waals surface area contributed by atoms with Crippen LogP contribution in [0.4, 0.5) is 0 Å². The van der Waals surface area contributed by atoms with Crippen LogP contribution in [0, 0.1) is 5.92 Å². The standard InChI is InChI=1S/C12H27NS/c1-5-11(2)10-12(3)13-8-6-7-9-14-4/h11-13H,5-10H2,1-4H3. The summed E-state index contributed by atoms with van der Waals surface area (Å²) in [5, 5.41) is 3.60. The van der Waals surface area contributed by atoms with Gasteiger partial charge in [-0.25, -0.2) is 0 Å². The van der Waals surface area contributed by atoms with E-state index in [2.05, 4.69) is 32.3 Å². The highest BCUT2D eigenvalue weighted by Crippen LogP contribution is 2.09. The Morgan fingerprint density at radius 3 is 2.50 bits per heavy atom. The van der Waals surface area contributed by atoms with Crippen molar-refractivity contribution in [3.63, 3.8) is 0 Å². The van der Waals surface area contributed by atoms with Gasteiger partial charge in [0.15, 0.2) is 0 Å². The van der Waals surface area contributed by atoms with E-state index in [1.165, 1.54) is 38.0 Å². The molecule has 0 rings (SSSR count). The number of nitrogens with one attached hydrogen (secondary N) is 1. The van der Waals surface area contributed by atoms with Gasteiger partial charge >= 0.3 is 0 Å². The Kier molecular flexibility index (Phi) is 10.1. The fourth-order valence-electron chi connectivity index (χ4n) is 1.57. The zero-order valence-corrected chi connectivity index (χ0v) is 11.1. The molecule has 14 heavy (non-hydrogen) atoms. The van der Waals surface area contributed by atoms with E-state index in [9.17, 15) is 0 Å². The van der Waals surface area contributed by atoms with Crippen LogP contribution in [0.2, 0.25) is 0 Å². The van der Waals surface area contributed by atoms with E-state index in [1.54, 1.807) is 0 Å². The van der Waals surface area contributed by atoms with Crippen LogP contribution in [0.5, 0.6) is 0 Å². The van der Waals surface area contributed by atoms with Crippen LogP contribution in [0.25, 0.3) is 0 Å².